The van der Waals surface area contributed by atoms with Crippen molar-refractivity contribution in [3.8, 4) is 0 Å². The molecule has 3 saturated carbocycles. The van der Waals surface area contributed by atoms with Crippen LogP contribution in [0.15, 0.2) is 23.3 Å². The number of hydrogen-bond donors (Lipinski definition) is 1. The van der Waals surface area contributed by atoms with Crippen molar-refractivity contribution < 1.29 is 47.9 Å². The van der Waals surface area contributed by atoms with E-state index in [-0.39, 0.29) is 66.8 Å². The molecule has 6 fully saturated rings. The number of carbonyl (C=O) groups excluding carboxylic acids is 2. The molecule has 4 heterocycles. The third-order valence-electron chi connectivity index (χ3n) is 12.3. The molecule has 12 atom stereocenters. The van der Waals surface area contributed by atoms with Gasteiger partial charge in [0.15, 0.2) is 6.79 Å². The number of ether oxygens (including phenoxy) is 7. The van der Waals surface area contributed by atoms with Crippen molar-refractivity contribution in [1.82, 2.24) is 0 Å². The highest BCUT2D eigenvalue weighted by atomic mass is 16.9. The highest BCUT2D eigenvalue weighted by Crippen LogP contribution is 2.70. The minimum Gasteiger partial charge on any atom is -0.462 e. The number of cyclic esters (lactones) is 1. The zero-order chi connectivity index (χ0) is 28.4. The molecule has 3 saturated heterocycles. The van der Waals surface area contributed by atoms with Crippen LogP contribution in [0.5, 0.6) is 0 Å². The van der Waals surface area contributed by atoms with Gasteiger partial charge in [0.25, 0.3) is 0 Å². The number of fused-ring (bicyclic) bond motifs is 6. The molecule has 1 spiro atoms. The molecule has 41 heavy (non-hydrogen) atoms. The Bertz CT molecular complexity index is 1230. The average Bonchev–Trinajstić information content (AvgIpc) is 3.58. The van der Waals surface area contributed by atoms with Gasteiger partial charge in [0.2, 0.25) is 12.1 Å². The van der Waals surface area contributed by atoms with Crippen LogP contribution < -0.4 is 0 Å². The number of aliphatic hydroxyl groups is 1. The molecule has 0 radical (unpaired) electrons. The van der Waals surface area contributed by atoms with Crippen molar-refractivity contribution in [2.45, 2.75) is 108 Å². The van der Waals surface area contributed by atoms with Crippen LogP contribution in [-0.4, -0.2) is 79.1 Å². The smallest absolute Gasteiger partial charge is 0.331 e. The van der Waals surface area contributed by atoms with Gasteiger partial charge in [0.1, 0.15) is 24.9 Å². The SMILES string of the molecule is CC(=O)OC1C[C@]2(O)[C@@H]3CCC4=C[C@H]5O[C@@H]6OCC[C@H]7OCO[C@@]67O[C@@H]5C[C@]4(C)[C@H]3CC[C@]2(C)[C@H]1C1=CC(=O)OC1. The lowest BCUT2D eigenvalue weighted by atomic mass is 9.45. The monoisotopic (exact) mass is 572 g/mol. The molecule has 4 aliphatic heterocycles. The first-order chi connectivity index (χ1) is 19.6. The molecule has 10 heteroatoms. The third kappa shape index (κ3) is 3.52. The maximum atomic E-state index is 12.8. The molecule has 4 aliphatic carbocycles. The summed E-state index contributed by atoms with van der Waals surface area (Å²) in [6.45, 7) is 6.76. The van der Waals surface area contributed by atoms with Crippen LogP contribution in [-0.2, 0) is 42.7 Å². The van der Waals surface area contributed by atoms with Gasteiger partial charge in [-0.3, -0.25) is 4.79 Å². The van der Waals surface area contributed by atoms with Crippen molar-refractivity contribution in [2.75, 3.05) is 20.0 Å². The molecule has 0 aromatic carbocycles. The summed E-state index contributed by atoms with van der Waals surface area (Å²) in [6.07, 6.45) is 7.20. The quantitative estimate of drug-likeness (QED) is 0.391. The molecule has 10 nitrogen and oxygen atoms in total. The molecular weight excluding hydrogens is 532 g/mol. The Hall–Kier alpha value is -1.82. The average molecular weight is 573 g/mol. The number of esters is 2. The molecular formula is C31H40O10. The second kappa shape index (κ2) is 8.86. The number of rotatable bonds is 2. The molecule has 0 bridgehead atoms. The van der Waals surface area contributed by atoms with Gasteiger partial charge in [-0.05, 0) is 54.9 Å². The van der Waals surface area contributed by atoms with Gasteiger partial charge in [-0.25, -0.2) is 4.79 Å². The van der Waals surface area contributed by atoms with E-state index in [2.05, 4.69) is 19.9 Å². The summed E-state index contributed by atoms with van der Waals surface area (Å²) in [6, 6.07) is 0. The number of carbonyl (C=O) groups is 2. The highest BCUT2D eigenvalue weighted by Gasteiger charge is 2.71. The molecule has 224 valence electrons. The summed E-state index contributed by atoms with van der Waals surface area (Å²) in [5, 5.41) is 12.8. The van der Waals surface area contributed by atoms with Crippen LogP contribution in [0, 0.1) is 28.6 Å². The number of allylic oxidation sites excluding steroid dienone is 1. The van der Waals surface area contributed by atoms with Gasteiger partial charge < -0.3 is 38.3 Å². The fraction of sp³-hybridized carbons (Fsp3) is 0.806. The molecule has 0 aromatic rings. The van der Waals surface area contributed by atoms with E-state index in [0.717, 1.165) is 37.7 Å². The van der Waals surface area contributed by atoms with Gasteiger partial charge in [-0.15, -0.1) is 0 Å². The van der Waals surface area contributed by atoms with Crippen molar-refractivity contribution >= 4 is 11.9 Å². The number of hydrogen-bond acceptors (Lipinski definition) is 10. The van der Waals surface area contributed by atoms with E-state index in [9.17, 15) is 14.7 Å². The first-order valence-electron chi connectivity index (χ1n) is 15.3. The van der Waals surface area contributed by atoms with Gasteiger partial charge >= 0.3 is 11.9 Å². The van der Waals surface area contributed by atoms with E-state index in [1.807, 2.05) is 0 Å². The minimum absolute atomic E-state index is 0.00822. The van der Waals surface area contributed by atoms with Gasteiger partial charge in [0.05, 0.1) is 18.3 Å². The highest BCUT2D eigenvalue weighted by molar-refractivity contribution is 5.85. The van der Waals surface area contributed by atoms with Gasteiger partial charge in [-0.2, -0.15) is 0 Å². The van der Waals surface area contributed by atoms with Crippen LogP contribution in [0.3, 0.4) is 0 Å². The largest absolute Gasteiger partial charge is 0.462 e. The summed E-state index contributed by atoms with van der Waals surface area (Å²) in [5.41, 5.74) is 0.384. The molecule has 8 rings (SSSR count). The van der Waals surface area contributed by atoms with Crippen LogP contribution >= 0.6 is 0 Å². The molecule has 8 aliphatic rings. The second-order valence-corrected chi connectivity index (χ2v) is 14.0. The van der Waals surface area contributed by atoms with Crippen molar-refractivity contribution in [3.05, 3.63) is 23.3 Å². The summed E-state index contributed by atoms with van der Waals surface area (Å²) in [4.78, 5) is 24.3. The Morgan fingerprint density at radius 1 is 1.12 bits per heavy atom. The van der Waals surface area contributed by atoms with E-state index >= 15 is 0 Å². The second-order valence-electron chi connectivity index (χ2n) is 14.0. The maximum absolute atomic E-state index is 12.8. The zero-order valence-corrected chi connectivity index (χ0v) is 24.0. The minimum atomic E-state index is -1.06. The van der Waals surface area contributed by atoms with Crippen LogP contribution in [0.2, 0.25) is 0 Å². The fourth-order valence-electron chi connectivity index (χ4n) is 10.5. The van der Waals surface area contributed by atoms with Crippen LogP contribution in [0.4, 0.5) is 0 Å². The predicted molar refractivity (Wildman–Crippen MR) is 140 cm³/mol. The molecule has 1 N–H and O–H groups in total. The normalized spacial score (nSPS) is 53.4. The fourth-order valence-corrected chi connectivity index (χ4v) is 10.5. The lowest BCUT2D eigenvalue weighted by Crippen LogP contribution is -2.67. The zero-order valence-electron chi connectivity index (χ0n) is 24.0. The van der Waals surface area contributed by atoms with Crippen LogP contribution in [0.1, 0.15) is 65.7 Å². The lowest BCUT2D eigenvalue weighted by Gasteiger charge is -2.63. The Morgan fingerprint density at radius 3 is 2.76 bits per heavy atom. The van der Waals surface area contributed by atoms with E-state index in [1.165, 1.54) is 12.5 Å². The van der Waals surface area contributed by atoms with Crippen molar-refractivity contribution in [3.63, 3.8) is 0 Å². The maximum Gasteiger partial charge on any atom is 0.331 e. The summed E-state index contributed by atoms with van der Waals surface area (Å²) in [7, 11) is 0. The van der Waals surface area contributed by atoms with Gasteiger partial charge in [0, 0.05) is 37.2 Å². The van der Waals surface area contributed by atoms with Crippen molar-refractivity contribution in [2.24, 2.45) is 28.6 Å². The molecule has 0 aromatic heterocycles. The van der Waals surface area contributed by atoms with Crippen molar-refractivity contribution in [1.29, 1.82) is 0 Å². The topological polar surface area (TPSA) is 119 Å². The summed E-state index contributed by atoms with van der Waals surface area (Å²) in [5.74, 6) is -1.82. The van der Waals surface area contributed by atoms with E-state index in [0.29, 0.717) is 19.4 Å². The standard InChI is InChI=1S/C31H40O10/c1-16(32)39-23-13-30(34)20-5-4-18-11-21-22(41-31-24(37-15-38-31)7-9-35-27(31)40-21)12-28(18,2)19(20)6-8-29(30,3)26(23)17-10-25(33)36-14-17/h10-11,19-24,26-27,34H,4-9,12-15H2,1-3H3/t19-,20+,21+,22+,23?,24+,26-,27-,28-,29+,30-,31-/m0/s1. The molecule has 0 amide bonds. The Labute approximate surface area is 239 Å². The Balaban J connectivity index is 1.12. The van der Waals surface area contributed by atoms with E-state index in [1.54, 1.807) is 6.08 Å². The Kier molecular flexibility index (Phi) is 5.79. The van der Waals surface area contributed by atoms with Crippen LogP contribution in [0.25, 0.3) is 0 Å². The predicted octanol–water partition coefficient (Wildman–Crippen LogP) is 2.91. The van der Waals surface area contributed by atoms with Gasteiger partial charge in [-0.1, -0.05) is 25.5 Å². The summed E-state index contributed by atoms with van der Waals surface area (Å²) >= 11 is 0. The summed E-state index contributed by atoms with van der Waals surface area (Å²) < 4.78 is 42.3. The molecule has 1 unspecified atom stereocenters. The Morgan fingerprint density at radius 2 is 1.98 bits per heavy atom. The lowest BCUT2D eigenvalue weighted by molar-refractivity contribution is -0.421. The van der Waals surface area contributed by atoms with E-state index in [4.69, 9.17) is 33.2 Å². The third-order valence-corrected chi connectivity index (χ3v) is 12.3. The van der Waals surface area contributed by atoms with E-state index < -0.39 is 29.2 Å². The first-order valence-corrected chi connectivity index (χ1v) is 15.3. The first kappa shape index (κ1) is 26.8.